The lowest BCUT2D eigenvalue weighted by Crippen LogP contribution is -1.95. The first kappa shape index (κ1) is 12.2. The maximum absolute atomic E-state index is 10.7. The van der Waals surface area contributed by atoms with Gasteiger partial charge in [0.25, 0.3) is 0 Å². The number of aromatic carboxylic acids is 1. The van der Waals surface area contributed by atoms with Crippen molar-refractivity contribution >= 4 is 29.1 Å². The van der Waals surface area contributed by atoms with Gasteiger partial charge in [0.05, 0.1) is 9.77 Å². The van der Waals surface area contributed by atoms with E-state index in [1.165, 1.54) is 9.09 Å². The minimum atomic E-state index is -0.877. The third-order valence-electron chi connectivity index (χ3n) is 2.30. The van der Waals surface area contributed by atoms with E-state index in [1.54, 1.807) is 35.2 Å². The second-order valence-electron chi connectivity index (χ2n) is 3.66. The monoisotopic (exact) mass is 264 g/mol. The Labute approximate surface area is 108 Å². The van der Waals surface area contributed by atoms with Gasteiger partial charge in [0.15, 0.2) is 0 Å². The molecule has 1 aromatic carbocycles. The fourth-order valence-corrected chi connectivity index (χ4v) is 3.45. The Bertz CT molecular complexity index is 514. The Morgan fingerprint density at radius 2 is 1.94 bits per heavy atom. The molecule has 0 unspecified atom stereocenters. The zero-order valence-corrected chi connectivity index (χ0v) is 11.0. The van der Waals surface area contributed by atoms with E-state index in [9.17, 15) is 4.79 Å². The molecule has 0 spiro atoms. The molecule has 0 atom stereocenters. The van der Waals surface area contributed by atoms with E-state index in [4.69, 9.17) is 5.11 Å². The highest BCUT2D eigenvalue weighted by atomic mass is 32.2. The van der Waals surface area contributed by atoms with Crippen molar-refractivity contribution in [3.63, 3.8) is 0 Å². The van der Waals surface area contributed by atoms with Gasteiger partial charge in [-0.2, -0.15) is 0 Å². The SMILES string of the molecule is Cc1ccc(SCc2ccc(C(=O)O)cc2)s1. The van der Waals surface area contributed by atoms with Crippen molar-refractivity contribution in [3.05, 3.63) is 52.4 Å². The Morgan fingerprint density at radius 1 is 1.24 bits per heavy atom. The second kappa shape index (κ2) is 5.38. The molecule has 1 aromatic heterocycles. The van der Waals surface area contributed by atoms with Gasteiger partial charge in [-0.05, 0) is 36.8 Å². The van der Waals surface area contributed by atoms with Crippen LogP contribution in [-0.2, 0) is 5.75 Å². The molecule has 1 N–H and O–H groups in total. The van der Waals surface area contributed by atoms with Crippen LogP contribution in [0.4, 0.5) is 0 Å². The summed E-state index contributed by atoms with van der Waals surface area (Å²) in [6.45, 7) is 2.09. The van der Waals surface area contributed by atoms with E-state index < -0.39 is 5.97 Å². The van der Waals surface area contributed by atoms with Crippen LogP contribution in [0.25, 0.3) is 0 Å². The van der Waals surface area contributed by atoms with E-state index in [0.717, 1.165) is 11.3 Å². The number of thioether (sulfide) groups is 1. The van der Waals surface area contributed by atoms with Crippen molar-refractivity contribution < 1.29 is 9.90 Å². The molecule has 4 heteroatoms. The Kier molecular flexibility index (Phi) is 3.86. The average Bonchev–Trinajstić information content (AvgIpc) is 2.73. The van der Waals surface area contributed by atoms with E-state index in [-0.39, 0.29) is 0 Å². The van der Waals surface area contributed by atoms with E-state index in [1.807, 2.05) is 12.1 Å². The number of rotatable bonds is 4. The first-order valence-corrected chi connectivity index (χ1v) is 6.97. The molecule has 0 fully saturated rings. The van der Waals surface area contributed by atoms with Gasteiger partial charge in [0.1, 0.15) is 0 Å². The van der Waals surface area contributed by atoms with Crippen LogP contribution in [0.15, 0.2) is 40.6 Å². The summed E-state index contributed by atoms with van der Waals surface area (Å²) in [5, 5.41) is 8.78. The summed E-state index contributed by atoms with van der Waals surface area (Å²) >= 11 is 3.56. The maximum atomic E-state index is 10.7. The molecule has 88 valence electrons. The van der Waals surface area contributed by atoms with Gasteiger partial charge in [-0.3, -0.25) is 0 Å². The van der Waals surface area contributed by atoms with Crippen LogP contribution in [0, 0.1) is 6.92 Å². The predicted octanol–water partition coefficient (Wildman–Crippen LogP) is 4.05. The van der Waals surface area contributed by atoms with Crippen molar-refractivity contribution in [1.29, 1.82) is 0 Å². The van der Waals surface area contributed by atoms with Gasteiger partial charge < -0.3 is 5.11 Å². The molecule has 0 saturated carbocycles. The van der Waals surface area contributed by atoms with Crippen LogP contribution in [-0.4, -0.2) is 11.1 Å². The third-order valence-corrected chi connectivity index (χ3v) is 4.59. The molecule has 0 aliphatic rings. The van der Waals surface area contributed by atoms with Crippen LogP contribution in [0.1, 0.15) is 20.8 Å². The van der Waals surface area contributed by atoms with Crippen molar-refractivity contribution in [1.82, 2.24) is 0 Å². The van der Waals surface area contributed by atoms with Gasteiger partial charge >= 0.3 is 5.97 Å². The molecule has 0 aliphatic carbocycles. The van der Waals surface area contributed by atoms with Crippen LogP contribution in [0.5, 0.6) is 0 Å². The highest BCUT2D eigenvalue weighted by molar-refractivity contribution is 8.00. The number of carbonyl (C=O) groups is 1. The number of hydrogen-bond acceptors (Lipinski definition) is 3. The van der Waals surface area contributed by atoms with Gasteiger partial charge in [-0.25, -0.2) is 4.79 Å². The first-order chi connectivity index (χ1) is 8.15. The van der Waals surface area contributed by atoms with Crippen molar-refractivity contribution in [2.24, 2.45) is 0 Å². The molecule has 0 aliphatic heterocycles. The Balaban J connectivity index is 1.97. The highest BCUT2D eigenvalue weighted by Crippen LogP contribution is 2.29. The lowest BCUT2D eigenvalue weighted by atomic mass is 10.1. The summed E-state index contributed by atoms with van der Waals surface area (Å²) in [5.41, 5.74) is 1.48. The molecule has 0 radical (unpaired) electrons. The quantitative estimate of drug-likeness (QED) is 0.847. The molecule has 0 saturated heterocycles. The number of thiophene rings is 1. The average molecular weight is 264 g/mol. The topological polar surface area (TPSA) is 37.3 Å². The summed E-state index contributed by atoms with van der Waals surface area (Å²) in [7, 11) is 0. The molecule has 2 rings (SSSR count). The molecule has 0 bridgehead atoms. The molecule has 17 heavy (non-hydrogen) atoms. The van der Waals surface area contributed by atoms with Crippen molar-refractivity contribution in [2.75, 3.05) is 0 Å². The van der Waals surface area contributed by atoms with Crippen LogP contribution < -0.4 is 0 Å². The fourth-order valence-electron chi connectivity index (χ4n) is 1.39. The lowest BCUT2D eigenvalue weighted by Gasteiger charge is -2.00. The molecule has 0 amide bonds. The van der Waals surface area contributed by atoms with E-state index in [0.29, 0.717) is 5.56 Å². The minimum absolute atomic E-state index is 0.339. The van der Waals surface area contributed by atoms with Gasteiger partial charge in [0.2, 0.25) is 0 Å². The Hall–Kier alpha value is -1.26. The number of aryl methyl sites for hydroxylation is 1. The number of benzene rings is 1. The maximum Gasteiger partial charge on any atom is 0.335 e. The normalized spacial score (nSPS) is 10.4. The fraction of sp³-hybridized carbons (Fsp3) is 0.154. The second-order valence-corrected chi connectivity index (χ2v) is 6.22. The van der Waals surface area contributed by atoms with Crippen LogP contribution in [0.3, 0.4) is 0 Å². The first-order valence-electron chi connectivity index (χ1n) is 5.16. The smallest absolute Gasteiger partial charge is 0.335 e. The standard InChI is InChI=1S/C13H12O2S2/c1-9-2-7-12(17-9)16-8-10-3-5-11(6-4-10)13(14)15/h2-7H,8H2,1H3,(H,14,15). The minimum Gasteiger partial charge on any atom is -0.478 e. The molecular formula is C13H12O2S2. The van der Waals surface area contributed by atoms with E-state index >= 15 is 0 Å². The largest absolute Gasteiger partial charge is 0.478 e. The Morgan fingerprint density at radius 3 is 2.47 bits per heavy atom. The van der Waals surface area contributed by atoms with Gasteiger partial charge in [0, 0.05) is 10.6 Å². The summed E-state index contributed by atoms with van der Waals surface area (Å²) in [6, 6.07) is 11.3. The molecule has 2 aromatic rings. The molecule has 2 nitrogen and oxygen atoms in total. The molecular weight excluding hydrogens is 252 g/mol. The summed E-state index contributed by atoms with van der Waals surface area (Å²) < 4.78 is 1.30. The van der Waals surface area contributed by atoms with Gasteiger partial charge in [-0.15, -0.1) is 23.1 Å². The number of carboxylic acids is 1. The van der Waals surface area contributed by atoms with Crippen molar-refractivity contribution in [3.8, 4) is 0 Å². The summed E-state index contributed by atoms with van der Waals surface area (Å²) in [5.74, 6) is -0.00192. The highest BCUT2D eigenvalue weighted by Gasteiger charge is 2.03. The van der Waals surface area contributed by atoms with E-state index in [2.05, 4.69) is 19.1 Å². The third kappa shape index (κ3) is 3.35. The lowest BCUT2D eigenvalue weighted by molar-refractivity contribution is 0.0697. The van der Waals surface area contributed by atoms with Crippen molar-refractivity contribution in [2.45, 2.75) is 16.9 Å². The van der Waals surface area contributed by atoms with Gasteiger partial charge in [-0.1, -0.05) is 12.1 Å². The van der Waals surface area contributed by atoms with Crippen LogP contribution in [0.2, 0.25) is 0 Å². The number of carboxylic acid groups (broad SMARTS) is 1. The zero-order chi connectivity index (χ0) is 12.3. The van der Waals surface area contributed by atoms with Crippen LogP contribution >= 0.6 is 23.1 Å². The molecule has 1 heterocycles. The summed E-state index contributed by atoms with van der Waals surface area (Å²) in [4.78, 5) is 12.0. The summed E-state index contributed by atoms with van der Waals surface area (Å²) in [6.07, 6.45) is 0. The predicted molar refractivity (Wildman–Crippen MR) is 72.0 cm³/mol. The zero-order valence-electron chi connectivity index (χ0n) is 9.34. The number of hydrogen-bond donors (Lipinski definition) is 1.